The van der Waals surface area contributed by atoms with Gasteiger partial charge in [0, 0.05) is 24.8 Å². The lowest BCUT2D eigenvalue weighted by Crippen LogP contribution is -2.13. The number of sulfonamides is 1. The summed E-state index contributed by atoms with van der Waals surface area (Å²) in [4.78, 5) is 8.06. The molecule has 0 radical (unpaired) electrons. The van der Waals surface area contributed by atoms with Crippen LogP contribution in [-0.4, -0.2) is 28.2 Å². The van der Waals surface area contributed by atoms with Gasteiger partial charge in [0.05, 0.1) is 22.6 Å². The predicted molar refractivity (Wildman–Crippen MR) is 83.3 cm³/mol. The minimum Gasteiger partial charge on any atom is -0.278 e. The fourth-order valence-electron chi connectivity index (χ4n) is 2.12. The first-order chi connectivity index (χ1) is 10.4. The molecule has 0 atom stereocenters. The predicted octanol–water partition coefficient (Wildman–Crippen LogP) is 2.13. The number of pyridine rings is 2. The molecule has 0 aliphatic rings. The number of aromatic nitrogens is 4. The fraction of sp³-hybridized carbons (Fsp3) is 0.154. The lowest BCUT2D eigenvalue weighted by atomic mass is 10.3. The van der Waals surface area contributed by atoms with Crippen molar-refractivity contribution in [3.63, 3.8) is 0 Å². The van der Waals surface area contributed by atoms with Gasteiger partial charge < -0.3 is 0 Å². The van der Waals surface area contributed by atoms with Crippen molar-refractivity contribution in [2.24, 2.45) is 7.05 Å². The van der Waals surface area contributed by atoms with E-state index in [-0.39, 0.29) is 10.6 Å². The Bertz CT molecular complexity index is 968. The van der Waals surface area contributed by atoms with E-state index in [0.29, 0.717) is 21.7 Å². The van der Waals surface area contributed by atoms with Crippen LogP contribution >= 0.6 is 11.6 Å². The number of nitrogens with zero attached hydrogens (tertiary/aromatic N) is 4. The molecule has 1 N–H and O–H groups in total. The zero-order valence-electron chi connectivity index (χ0n) is 11.8. The van der Waals surface area contributed by atoms with E-state index in [1.807, 2.05) is 0 Å². The van der Waals surface area contributed by atoms with Crippen molar-refractivity contribution in [3.8, 4) is 0 Å². The molecule has 3 aromatic heterocycles. The number of hydrogen-bond donors (Lipinski definition) is 1. The second-order valence-corrected chi connectivity index (χ2v) is 6.87. The van der Waals surface area contributed by atoms with E-state index in [1.165, 1.54) is 24.7 Å². The number of hydrogen-bond acceptors (Lipinski definition) is 5. The Balaban J connectivity index is 2.03. The van der Waals surface area contributed by atoms with Gasteiger partial charge in [0.2, 0.25) is 0 Å². The molecule has 0 saturated carbocycles. The molecule has 0 aliphatic carbocycles. The number of anilines is 1. The molecule has 0 amide bonds. The summed E-state index contributed by atoms with van der Waals surface area (Å²) in [6.07, 6.45) is 4.10. The summed E-state index contributed by atoms with van der Waals surface area (Å²) in [6, 6.07) is 3.03. The van der Waals surface area contributed by atoms with Gasteiger partial charge in [-0.2, -0.15) is 5.10 Å². The second kappa shape index (κ2) is 5.22. The zero-order chi connectivity index (χ0) is 15.9. The molecule has 0 unspecified atom stereocenters. The molecular weight excluding hydrogens is 326 g/mol. The molecule has 0 bridgehead atoms. The third kappa shape index (κ3) is 2.62. The minimum absolute atomic E-state index is 0.0519. The summed E-state index contributed by atoms with van der Waals surface area (Å²) in [7, 11) is -2.02. The molecule has 3 rings (SSSR count). The van der Waals surface area contributed by atoms with Gasteiger partial charge in [-0.1, -0.05) is 11.6 Å². The largest absolute Gasteiger partial charge is 0.278 e. The summed E-state index contributed by atoms with van der Waals surface area (Å²) in [6.45, 7) is 1.80. The van der Waals surface area contributed by atoms with Crippen LogP contribution in [0.15, 0.2) is 35.6 Å². The quantitative estimate of drug-likeness (QED) is 0.790. The molecule has 0 saturated heterocycles. The molecule has 22 heavy (non-hydrogen) atoms. The van der Waals surface area contributed by atoms with Crippen LogP contribution in [0.4, 0.5) is 5.69 Å². The molecule has 0 fully saturated rings. The Morgan fingerprint density at radius 3 is 2.73 bits per heavy atom. The first-order valence-corrected chi connectivity index (χ1v) is 8.16. The molecule has 0 spiro atoms. The van der Waals surface area contributed by atoms with Gasteiger partial charge in [-0.25, -0.2) is 13.4 Å². The maximum absolute atomic E-state index is 12.4. The average molecular weight is 338 g/mol. The number of nitrogens with one attached hydrogen (secondary N) is 1. The van der Waals surface area contributed by atoms with Crippen LogP contribution in [0, 0.1) is 6.92 Å². The van der Waals surface area contributed by atoms with Crippen molar-refractivity contribution in [1.82, 2.24) is 19.7 Å². The first kappa shape index (κ1) is 14.7. The van der Waals surface area contributed by atoms with Crippen molar-refractivity contribution in [1.29, 1.82) is 0 Å². The van der Waals surface area contributed by atoms with Crippen molar-refractivity contribution in [3.05, 3.63) is 41.4 Å². The average Bonchev–Trinajstić information content (AvgIpc) is 2.73. The highest BCUT2D eigenvalue weighted by molar-refractivity contribution is 7.92. The number of aryl methyl sites for hydroxylation is 2. The van der Waals surface area contributed by atoms with Crippen LogP contribution in [0.25, 0.3) is 11.0 Å². The van der Waals surface area contributed by atoms with Crippen LogP contribution in [0.3, 0.4) is 0 Å². The van der Waals surface area contributed by atoms with Crippen LogP contribution in [-0.2, 0) is 17.1 Å². The lowest BCUT2D eigenvalue weighted by Gasteiger charge is -2.07. The molecule has 3 aromatic rings. The van der Waals surface area contributed by atoms with E-state index < -0.39 is 10.0 Å². The van der Waals surface area contributed by atoms with Crippen molar-refractivity contribution >= 4 is 38.3 Å². The molecule has 3 heterocycles. The van der Waals surface area contributed by atoms with Gasteiger partial charge in [-0.05, 0) is 19.1 Å². The van der Waals surface area contributed by atoms with E-state index in [9.17, 15) is 8.42 Å². The highest BCUT2D eigenvalue weighted by atomic mass is 35.5. The van der Waals surface area contributed by atoms with E-state index >= 15 is 0 Å². The third-order valence-corrected chi connectivity index (χ3v) is 4.66. The molecule has 114 valence electrons. The molecule has 0 aliphatic heterocycles. The Morgan fingerprint density at radius 2 is 2.00 bits per heavy atom. The van der Waals surface area contributed by atoms with E-state index in [1.54, 1.807) is 24.7 Å². The Kier molecular flexibility index (Phi) is 3.50. The number of halogens is 1. The molecule has 0 aromatic carbocycles. The van der Waals surface area contributed by atoms with Crippen LogP contribution in [0.1, 0.15) is 5.69 Å². The van der Waals surface area contributed by atoms with Gasteiger partial charge >= 0.3 is 0 Å². The van der Waals surface area contributed by atoms with Gasteiger partial charge in [0.1, 0.15) is 4.90 Å². The summed E-state index contributed by atoms with van der Waals surface area (Å²) in [5.41, 5.74) is 1.63. The van der Waals surface area contributed by atoms with Crippen LogP contribution < -0.4 is 4.72 Å². The maximum atomic E-state index is 12.4. The van der Waals surface area contributed by atoms with Gasteiger partial charge in [0.15, 0.2) is 5.65 Å². The number of rotatable bonds is 3. The minimum atomic E-state index is -3.78. The maximum Gasteiger partial charge on any atom is 0.263 e. The third-order valence-electron chi connectivity index (χ3n) is 3.11. The number of fused-ring (bicyclic) bond motifs is 1. The normalized spacial score (nSPS) is 11.8. The Labute approximate surface area is 132 Å². The molecule has 9 heteroatoms. The van der Waals surface area contributed by atoms with Crippen molar-refractivity contribution in [2.75, 3.05) is 4.72 Å². The second-order valence-electron chi connectivity index (χ2n) is 4.75. The van der Waals surface area contributed by atoms with Crippen molar-refractivity contribution in [2.45, 2.75) is 11.8 Å². The van der Waals surface area contributed by atoms with Crippen LogP contribution in [0.2, 0.25) is 5.02 Å². The van der Waals surface area contributed by atoms with E-state index in [2.05, 4.69) is 19.8 Å². The lowest BCUT2D eigenvalue weighted by molar-refractivity contribution is 0.601. The van der Waals surface area contributed by atoms with Gasteiger partial charge in [0.25, 0.3) is 10.0 Å². The Hall–Kier alpha value is -2.19. The smallest absolute Gasteiger partial charge is 0.263 e. The van der Waals surface area contributed by atoms with Crippen LogP contribution in [0.5, 0.6) is 0 Å². The monoisotopic (exact) mass is 337 g/mol. The fourth-order valence-corrected chi connectivity index (χ4v) is 3.30. The Morgan fingerprint density at radius 1 is 1.23 bits per heavy atom. The highest BCUT2D eigenvalue weighted by Gasteiger charge is 2.18. The summed E-state index contributed by atoms with van der Waals surface area (Å²) in [5.74, 6) is 0. The standard InChI is InChI=1S/C13H12ClN5O2S/c1-8-12-4-11(7-16-13(12)19(2)17-8)22(20,21)18-10-3-9(14)5-15-6-10/h3-7,18H,1-2H3. The molecular formula is C13H12ClN5O2S. The SMILES string of the molecule is Cc1nn(C)c2ncc(S(=O)(=O)Nc3cncc(Cl)c3)cc12. The van der Waals surface area contributed by atoms with Crippen molar-refractivity contribution < 1.29 is 8.42 Å². The van der Waals surface area contributed by atoms with Gasteiger partial charge in [-0.3, -0.25) is 14.4 Å². The van der Waals surface area contributed by atoms with Gasteiger partial charge in [-0.15, -0.1) is 0 Å². The molecule has 7 nitrogen and oxygen atoms in total. The summed E-state index contributed by atoms with van der Waals surface area (Å²) in [5, 5.41) is 5.25. The topological polar surface area (TPSA) is 89.8 Å². The van der Waals surface area contributed by atoms with E-state index in [0.717, 1.165) is 0 Å². The zero-order valence-corrected chi connectivity index (χ0v) is 13.4. The first-order valence-electron chi connectivity index (χ1n) is 6.29. The highest BCUT2D eigenvalue weighted by Crippen LogP contribution is 2.22. The summed E-state index contributed by atoms with van der Waals surface area (Å²) >= 11 is 5.80. The van der Waals surface area contributed by atoms with E-state index in [4.69, 9.17) is 11.6 Å². The summed E-state index contributed by atoms with van der Waals surface area (Å²) < 4.78 is 28.9.